The maximum atomic E-state index is 13.5. The summed E-state index contributed by atoms with van der Waals surface area (Å²) in [4.78, 5) is 0. The zero-order valence-electron chi connectivity index (χ0n) is 9.74. The Morgan fingerprint density at radius 1 is 1.06 bits per heavy atom. The molecule has 0 fully saturated rings. The molecule has 0 aliphatic rings. The highest BCUT2D eigenvalue weighted by Gasteiger charge is 2.03. The fourth-order valence-corrected chi connectivity index (χ4v) is 2.07. The fourth-order valence-electron chi connectivity index (χ4n) is 1.59. The van der Waals surface area contributed by atoms with Crippen LogP contribution in [0.2, 0.25) is 0 Å². The van der Waals surface area contributed by atoms with Crippen LogP contribution in [0.5, 0.6) is 0 Å². The summed E-state index contributed by atoms with van der Waals surface area (Å²) in [5.74, 6) is -0.252. The molecule has 3 heteroatoms. The molecule has 0 saturated carbocycles. The van der Waals surface area contributed by atoms with Gasteiger partial charge in [-0.25, -0.2) is 4.39 Å². The molecule has 92 valence electrons. The number of hydrogen-bond acceptors (Lipinski definition) is 1. The molecule has 0 aromatic heterocycles. The molecule has 0 spiro atoms. The van der Waals surface area contributed by atoms with Gasteiger partial charge in [0, 0.05) is 11.0 Å². The predicted molar refractivity (Wildman–Crippen MR) is 78.1 cm³/mol. The standard InChI is InChI=1S/C15H13BrFN/c16-13-9-4-10-14(17)15(13)18-11-5-8-12-6-2-1-3-7-12/h1-10,18H,11H2/b8-5+. The first kappa shape index (κ1) is 12.8. The van der Waals surface area contributed by atoms with Crippen molar-refractivity contribution in [2.45, 2.75) is 0 Å². The first-order chi connectivity index (χ1) is 8.77. The van der Waals surface area contributed by atoms with Crippen molar-refractivity contribution < 1.29 is 4.39 Å². The number of rotatable bonds is 4. The Morgan fingerprint density at radius 2 is 1.83 bits per heavy atom. The Labute approximate surface area is 114 Å². The highest BCUT2D eigenvalue weighted by molar-refractivity contribution is 9.10. The van der Waals surface area contributed by atoms with E-state index in [0.717, 1.165) is 10.0 Å². The van der Waals surface area contributed by atoms with Crippen molar-refractivity contribution in [1.29, 1.82) is 0 Å². The smallest absolute Gasteiger partial charge is 0.147 e. The Morgan fingerprint density at radius 3 is 2.56 bits per heavy atom. The third-order valence-corrected chi connectivity index (χ3v) is 3.13. The SMILES string of the molecule is Fc1cccc(Br)c1NC/C=C/c1ccccc1. The number of benzene rings is 2. The summed E-state index contributed by atoms with van der Waals surface area (Å²) in [5.41, 5.74) is 1.63. The van der Waals surface area contributed by atoms with Gasteiger partial charge in [-0.15, -0.1) is 0 Å². The molecular formula is C15H13BrFN. The van der Waals surface area contributed by atoms with Crippen LogP contribution in [-0.4, -0.2) is 6.54 Å². The van der Waals surface area contributed by atoms with E-state index in [9.17, 15) is 4.39 Å². The second-order valence-corrected chi connectivity index (χ2v) is 4.64. The molecule has 1 N–H and O–H groups in total. The lowest BCUT2D eigenvalue weighted by Crippen LogP contribution is -2.01. The van der Waals surface area contributed by atoms with Crippen LogP contribution < -0.4 is 5.32 Å². The van der Waals surface area contributed by atoms with E-state index >= 15 is 0 Å². The molecule has 0 aliphatic carbocycles. The monoisotopic (exact) mass is 305 g/mol. The summed E-state index contributed by atoms with van der Waals surface area (Å²) in [6, 6.07) is 14.9. The zero-order valence-corrected chi connectivity index (χ0v) is 11.3. The first-order valence-corrected chi connectivity index (χ1v) is 6.46. The number of anilines is 1. The summed E-state index contributed by atoms with van der Waals surface area (Å²) < 4.78 is 14.2. The molecular weight excluding hydrogens is 293 g/mol. The van der Waals surface area contributed by atoms with Crippen molar-refractivity contribution in [3.05, 3.63) is 70.5 Å². The molecule has 0 bridgehead atoms. The van der Waals surface area contributed by atoms with E-state index in [0.29, 0.717) is 12.2 Å². The topological polar surface area (TPSA) is 12.0 Å². The Hall–Kier alpha value is -1.61. The molecule has 0 radical (unpaired) electrons. The minimum Gasteiger partial charge on any atom is -0.378 e. The minimum atomic E-state index is -0.252. The highest BCUT2D eigenvalue weighted by Crippen LogP contribution is 2.24. The van der Waals surface area contributed by atoms with Crippen molar-refractivity contribution >= 4 is 27.7 Å². The molecule has 0 saturated heterocycles. The first-order valence-electron chi connectivity index (χ1n) is 5.67. The molecule has 0 aliphatic heterocycles. The van der Waals surface area contributed by atoms with Gasteiger partial charge < -0.3 is 5.32 Å². The zero-order chi connectivity index (χ0) is 12.8. The minimum absolute atomic E-state index is 0.252. The molecule has 0 amide bonds. The molecule has 2 aromatic rings. The van der Waals surface area contributed by atoms with Crippen molar-refractivity contribution in [3.63, 3.8) is 0 Å². The van der Waals surface area contributed by atoms with E-state index in [1.54, 1.807) is 6.07 Å². The highest BCUT2D eigenvalue weighted by atomic mass is 79.9. The Bertz CT molecular complexity index is 517. The molecule has 18 heavy (non-hydrogen) atoms. The number of nitrogens with one attached hydrogen (secondary N) is 1. The Balaban J connectivity index is 1.95. The molecule has 0 unspecified atom stereocenters. The Kier molecular flexibility index (Phi) is 4.53. The van der Waals surface area contributed by atoms with Crippen LogP contribution in [0.1, 0.15) is 5.56 Å². The summed E-state index contributed by atoms with van der Waals surface area (Å²) in [5, 5.41) is 3.04. The van der Waals surface area contributed by atoms with Crippen molar-refractivity contribution in [1.82, 2.24) is 0 Å². The third-order valence-electron chi connectivity index (χ3n) is 2.47. The molecule has 1 nitrogen and oxygen atoms in total. The van der Waals surface area contributed by atoms with Gasteiger partial charge in [0.05, 0.1) is 5.69 Å². The van der Waals surface area contributed by atoms with E-state index in [-0.39, 0.29) is 5.82 Å². The van der Waals surface area contributed by atoms with Gasteiger partial charge >= 0.3 is 0 Å². The number of para-hydroxylation sites is 1. The lowest BCUT2D eigenvalue weighted by Gasteiger charge is -2.06. The second kappa shape index (κ2) is 6.36. The number of hydrogen-bond donors (Lipinski definition) is 1. The lowest BCUT2D eigenvalue weighted by molar-refractivity contribution is 0.630. The average Bonchev–Trinajstić information content (AvgIpc) is 2.38. The lowest BCUT2D eigenvalue weighted by atomic mass is 10.2. The summed E-state index contributed by atoms with van der Waals surface area (Å²) >= 11 is 3.32. The van der Waals surface area contributed by atoms with E-state index in [4.69, 9.17) is 0 Å². The van der Waals surface area contributed by atoms with Gasteiger partial charge in [0.25, 0.3) is 0 Å². The molecule has 2 aromatic carbocycles. The van der Waals surface area contributed by atoms with Gasteiger partial charge in [-0.2, -0.15) is 0 Å². The van der Waals surface area contributed by atoms with Crippen molar-refractivity contribution in [2.24, 2.45) is 0 Å². The van der Waals surface area contributed by atoms with Gasteiger partial charge in [0.1, 0.15) is 5.82 Å². The van der Waals surface area contributed by atoms with Gasteiger partial charge in [0.15, 0.2) is 0 Å². The van der Waals surface area contributed by atoms with E-state index < -0.39 is 0 Å². The quantitative estimate of drug-likeness (QED) is 0.862. The van der Waals surface area contributed by atoms with Gasteiger partial charge in [-0.1, -0.05) is 48.6 Å². The molecule has 0 atom stereocenters. The molecule has 2 rings (SSSR count). The van der Waals surface area contributed by atoms with Crippen LogP contribution >= 0.6 is 15.9 Å². The van der Waals surface area contributed by atoms with Crippen LogP contribution in [0.3, 0.4) is 0 Å². The second-order valence-electron chi connectivity index (χ2n) is 3.79. The van der Waals surface area contributed by atoms with Crippen molar-refractivity contribution in [3.8, 4) is 0 Å². The summed E-state index contributed by atoms with van der Waals surface area (Å²) in [7, 11) is 0. The van der Waals surface area contributed by atoms with Crippen LogP contribution in [0, 0.1) is 5.82 Å². The van der Waals surface area contributed by atoms with E-state index in [2.05, 4.69) is 21.2 Å². The van der Waals surface area contributed by atoms with Gasteiger partial charge in [-0.3, -0.25) is 0 Å². The van der Waals surface area contributed by atoms with Crippen LogP contribution in [0.4, 0.5) is 10.1 Å². The summed E-state index contributed by atoms with van der Waals surface area (Å²) in [6.07, 6.45) is 3.97. The third kappa shape index (κ3) is 3.44. The van der Waals surface area contributed by atoms with E-state index in [1.165, 1.54) is 6.07 Å². The van der Waals surface area contributed by atoms with Crippen LogP contribution in [0.25, 0.3) is 6.08 Å². The average molecular weight is 306 g/mol. The van der Waals surface area contributed by atoms with Crippen LogP contribution in [0.15, 0.2) is 59.1 Å². The van der Waals surface area contributed by atoms with Gasteiger partial charge in [0.2, 0.25) is 0 Å². The molecule has 0 heterocycles. The predicted octanol–water partition coefficient (Wildman–Crippen LogP) is 4.71. The maximum Gasteiger partial charge on any atom is 0.147 e. The summed E-state index contributed by atoms with van der Waals surface area (Å²) in [6.45, 7) is 0.578. The van der Waals surface area contributed by atoms with Crippen LogP contribution in [-0.2, 0) is 0 Å². The fraction of sp³-hybridized carbons (Fsp3) is 0.0667. The number of halogens is 2. The van der Waals surface area contributed by atoms with Gasteiger partial charge in [-0.05, 0) is 33.6 Å². The normalized spacial score (nSPS) is 10.8. The van der Waals surface area contributed by atoms with Crippen molar-refractivity contribution in [2.75, 3.05) is 11.9 Å². The maximum absolute atomic E-state index is 13.5. The largest absolute Gasteiger partial charge is 0.378 e. The van der Waals surface area contributed by atoms with E-state index in [1.807, 2.05) is 48.6 Å².